The zero-order chi connectivity index (χ0) is 13.7. The molecule has 0 spiro atoms. The summed E-state index contributed by atoms with van der Waals surface area (Å²) >= 11 is 0. The number of hydrogen-bond donors (Lipinski definition) is 0. The first-order valence-corrected chi connectivity index (χ1v) is 5.88. The second-order valence-corrected chi connectivity index (χ2v) is 4.00. The first-order valence-electron chi connectivity index (χ1n) is 5.88. The molecule has 2 aromatic rings. The zero-order valence-electron chi connectivity index (χ0n) is 10.9. The molecular formula is C16H15FO2. The van der Waals surface area contributed by atoms with Gasteiger partial charge in [0.1, 0.15) is 5.82 Å². The first kappa shape index (κ1) is 13.1. The van der Waals surface area contributed by atoms with Crippen molar-refractivity contribution < 1.29 is 13.9 Å². The second kappa shape index (κ2) is 6.05. The predicted molar refractivity (Wildman–Crippen MR) is 74.9 cm³/mol. The van der Waals surface area contributed by atoms with Gasteiger partial charge in [0.25, 0.3) is 0 Å². The molecule has 0 aliphatic heterocycles. The van der Waals surface area contributed by atoms with E-state index < -0.39 is 0 Å². The fraction of sp³-hybridized carbons (Fsp3) is 0.125. The molecule has 0 aromatic heterocycles. The molecule has 0 fully saturated rings. The molecule has 2 nitrogen and oxygen atoms in total. The van der Waals surface area contributed by atoms with E-state index in [9.17, 15) is 4.39 Å². The SMILES string of the molecule is COc1ccc(/C=C/c2ccc(F)cc2)cc1OC. The number of rotatable bonds is 4. The van der Waals surface area contributed by atoms with Crippen LogP contribution in [-0.4, -0.2) is 14.2 Å². The maximum absolute atomic E-state index is 12.8. The van der Waals surface area contributed by atoms with Crippen molar-refractivity contribution in [3.8, 4) is 11.5 Å². The molecule has 0 heterocycles. The molecule has 3 heteroatoms. The van der Waals surface area contributed by atoms with E-state index in [4.69, 9.17) is 9.47 Å². The first-order chi connectivity index (χ1) is 9.22. The third-order valence-corrected chi connectivity index (χ3v) is 2.75. The molecule has 0 unspecified atom stereocenters. The van der Waals surface area contributed by atoms with E-state index in [-0.39, 0.29) is 5.82 Å². The van der Waals surface area contributed by atoms with Crippen LogP contribution >= 0.6 is 0 Å². The third kappa shape index (κ3) is 3.35. The smallest absolute Gasteiger partial charge is 0.161 e. The van der Waals surface area contributed by atoms with E-state index in [1.165, 1.54) is 12.1 Å². The van der Waals surface area contributed by atoms with Gasteiger partial charge in [0.15, 0.2) is 11.5 Å². The molecule has 0 atom stereocenters. The molecule has 0 amide bonds. The van der Waals surface area contributed by atoms with Gasteiger partial charge >= 0.3 is 0 Å². The van der Waals surface area contributed by atoms with E-state index in [1.54, 1.807) is 26.4 Å². The summed E-state index contributed by atoms with van der Waals surface area (Å²) in [6, 6.07) is 12.0. The lowest BCUT2D eigenvalue weighted by molar-refractivity contribution is 0.355. The maximum Gasteiger partial charge on any atom is 0.161 e. The van der Waals surface area contributed by atoms with Crippen molar-refractivity contribution in [2.24, 2.45) is 0 Å². The summed E-state index contributed by atoms with van der Waals surface area (Å²) in [5.74, 6) is 1.15. The van der Waals surface area contributed by atoms with Crippen LogP contribution in [0.25, 0.3) is 12.2 Å². The lowest BCUT2D eigenvalue weighted by atomic mass is 10.1. The van der Waals surface area contributed by atoms with Crippen molar-refractivity contribution in [1.29, 1.82) is 0 Å². The minimum Gasteiger partial charge on any atom is -0.493 e. The van der Waals surface area contributed by atoms with E-state index in [2.05, 4.69) is 0 Å². The topological polar surface area (TPSA) is 18.5 Å². The Morgan fingerprint density at radius 1 is 0.789 bits per heavy atom. The summed E-state index contributed by atoms with van der Waals surface area (Å²) in [6.45, 7) is 0. The molecule has 0 N–H and O–H groups in total. The van der Waals surface area contributed by atoms with Crippen molar-refractivity contribution in [1.82, 2.24) is 0 Å². The van der Waals surface area contributed by atoms with Crippen molar-refractivity contribution in [2.45, 2.75) is 0 Å². The van der Waals surface area contributed by atoms with Gasteiger partial charge in [-0.15, -0.1) is 0 Å². The van der Waals surface area contributed by atoms with E-state index in [0.717, 1.165) is 11.1 Å². The highest BCUT2D eigenvalue weighted by Gasteiger charge is 2.02. The Morgan fingerprint density at radius 3 is 2.00 bits per heavy atom. The van der Waals surface area contributed by atoms with Gasteiger partial charge in [-0.05, 0) is 35.4 Å². The molecule has 0 radical (unpaired) electrons. The largest absolute Gasteiger partial charge is 0.493 e. The molecule has 2 rings (SSSR count). The standard InChI is InChI=1S/C16H15FO2/c1-18-15-10-7-13(11-16(15)19-2)4-3-12-5-8-14(17)9-6-12/h3-11H,1-2H3/b4-3+. The quantitative estimate of drug-likeness (QED) is 0.771. The fourth-order valence-corrected chi connectivity index (χ4v) is 1.72. The highest BCUT2D eigenvalue weighted by atomic mass is 19.1. The van der Waals surface area contributed by atoms with Gasteiger partial charge in [-0.3, -0.25) is 0 Å². The van der Waals surface area contributed by atoms with E-state index in [0.29, 0.717) is 11.5 Å². The summed E-state index contributed by atoms with van der Waals surface area (Å²) in [6.07, 6.45) is 3.86. The van der Waals surface area contributed by atoms with Crippen LogP contribution in [0.4, 0.5) is 4.39 Å². The Bertz CT molecular complexity index is 574. The van der Waals surface area contributed by atoms with Crippen LogP contribution in [0.15, 0.2) is 42.5 Å². The van der Waals surface area contributed by atoms with Gasteiger partial charge in [-0.1, -0.05) is 30.4 Å². The Kier molecular flexibility index (Phi) is 4.18. The normalized spacial score (nSPS) is 10.7. The Morgan fingerprint density at radius 2 is 1.37 bits per heavy atom. The number of benzene rings is 2. The number of ether oxygens (including phenoxy) is 2. The van der Waals surface area contributed by atoms with Crippen molar-refractivity contribution >= 4 is 12.2 Å². The molecule has 0 aliphatic carbocycles. The summed E-state index contributed by atoms with van der Waals surface area (Å²) in [5.41, 5.74) is 1.93. The lowest BCUT2D eigenvalue weighted by Gasteiger charge is -2.07. The average Bonchev–Trinajstić information content (AvgIpc) is 2.46. The van der Waals surface area contributed by atoms with Crippen LogP contribution in [0, 0.1) is 5.82 Å². The van der Waals surface area contributed by atoms with Gasteiger partial charge in [-0.2, -0.15) is 0 Å². The van der Waals surface area contributed by atoms with Crippen LogP contribution in [0.3, 0.4) is 0 Å². The minimum absolute atomic E-state index is 0.233. The van der Waals surface area contributed by atoms with Gasteiger partial charge < -0.3 is 9.47 Å². The van der Waals surface area contributed by atoms with Gasteiger partial charge in [-0.25, -0.2) is 4.39 Å². The van der Waals surface area contributed by atoms with Crippen LogP contribution in [0.2, 0.25) is 0 Å². The molecule has 98 valence electrons. The highest BCUT2D eigenvalue weighted by molar-refractivity contribution is 5.70. The fourth-order valence-electron chi connectivity index (χ4n) is 1.72. The Labute approximate surface area is 112 Å². The average molecular weight is 258 g/mol. The minimum atomic E-state index is -0.233. The van der Waals surface area contributed by atoms with Crippen molar-refractivity contribution in [2.75, 3.05) is 14.2 Å². The maximum atomic E-state index is 12.8. The van der Waals surface area contributed by atoms with Crippen LogP contribution in [0.5, 0.6) is 11.5 Å². The number of methoxy groups -OCH3 is 2. The van der Waals surface area contributed by atoms with E-state index >= 15 is 0 Å². The molecule has 0 saturated carbocycles. The summed E-state index contributed by atoms with van der Waals surface area (Å²) < 4.78 is 23.2. The van der Waals surface area contributed by atoms with Gasteiger partial charge in [0.2, 0.25) is 0 Å². The number of hydrogen-bond acceptors (Lipinski definition) is 2. The van der Waals surface area contributed by atoms with Crippen molar-refractivity contribution in [3.05, 3.63) is 59.4 Å². The highest BCUT2D eigenvalue weighted by Crippen LogP contribution is 2.28. The predicted octanol–water partition coefficient (Wildman–Crippen LogP) is 4.01. The summed E-state index contributed by atoms with van der Waals surface area (Å²) in [5, 5.41) is 0. The molecule has 0 bridgehead atoms. The second-order valence-electron chi connectivity index (χ2n) is 4.00. The Balaban J connectivity index is 2.21. The zero-order valence-corrected chi connectivity index (χ0v) is 10.9. The number of halogens is 1. The van der Waals surface area contributed by atoms with Gasteiger partial charge in [0, 0.05) is 0 Å². The van der Waals surface area contributed by atoms with Gasteiger partial charge in [0.05, 0.1) is 14.2 Å². The molecule has 2 aromatic carbocycles. The molecule has 19 heavy (non-hydrogen) atoms. The molecule has 0 saturated heterocycles. The Hall–Kier alpha value is -2.29. The molecule has 0 aliphatic rings. The van der Waals surface area contributed by atoms with Crippen LogP contribution < -0.4 is 9.47 Å². The lowest BCUT2D eigenvalue weighted by Crippen LogP contribution is -1.90. The van der Waals surface area contributed by atoms with Crippen LogP contribution in [0.1, 0.15) is 11.1 Å². The van der Waals surface area contributed by atoms with E-state index in [1.807, 2.05) is 30.4 Å². The summed E-state index contributed by atoms with van der Waals surface area (Å²) in [7, 11) is 3.21. The monoisotopic (exact) mass is 258 g/mol. The molecular weight excluding hydrogens is 243 g/mol. The summed E-state index contributed by atoms with van der Waals surface area (Å²) in [4.78, 5) is 0. The van der Waals surface area contributed by atoms with Crippen molar-refractivity contribution in [3.63, 3.8) is 0 Å². The van der Waals surface area contributed by atoms with Crippen LogP contribution in [-0.2, 0) is 0 Å². The third-order valence-electron chi connectivity index (χ3n) is 2.75.